The van der Waals surface area contributed by atoms with E-state index in [1.807, 2.05) is 23.8 Å². The Kier molecular flexibility index (Phi) is 7.28. The van der Waals surface area contributed by atoms with E-state index < -0.39 is 12.0 Å². The maximum atomic E-state index is 11.7. The third kappa shape index (κ3) is 5.94. The molecule has 104 valence electrons. The molecular weight excluding hydrogens is 282 g/mol. The molecule has 0 fully saturated rings. The number of carbonyl (C=O) groups is 2. The van der Waals surface area contributed by atoms with Crippen LogP contribution in [0.2, 0.25) is 0 Å². The Morgan fingerprint density at radius 1 is 1.58 bits per heavy atom. The van der Waals surface area contributed by atoms with Gasteiger partial charge in [-0.05, 0) is 36.0 Å². The number of thioether (sulfide) groups is 1. The minimum Gasteiger partial charge on any atom is -0.467 e. The van der Waals surface area contributed by atoms with Crippen molar-refractivity contribution in [2.24, 2.45) is 0 Å². The SMILES string of the molecule is COC(=O)[C@H](CCSC)NC(=O)/C=C/c1cccs1. The Labute approximate surface area is 121 Å². The predicted molar refractivity (Wildman–Crippen MR) is 80.3 cm³/mol. The lowest BCUT2D eigenvalue weighted by Gasteiger charge is -2.14. The zero-order valence-electron chi connectivity index (χ0n) is 10.9. The van der Waals surface area contributed by atoms with Gasteiger partial charge < -0.3 is 10.1 Å². The van der Waals surface area contributed by atoms with Crippen molar-refractivity contribution >= 4 is 41.1 Å². The maximum absolute atomic E-state index is 11.7. The van der Waals surface area contributed by atoms with E-state index in [-0.39, 0.29) is 5.91 Å². The fourth-order valence-electron chi connectivity index (χ4n) is 1.39. The molecule has 1 N–H and O–H groups in total. The van der Waals surface area contributed by atoms with E-state index in [2.05, 4.69) is 10.1 Å². The normalized spacial score (nSPS) is 12.3. The molecule has 19 heavy (non-hydrogen) atoms. The Morgan fingerprint density at radius 3 is 2.95 bits per heavy atom. The summed E-state index contributed by atoms with van der Waals surface area (Å²) in [7, 11) is 1.32. The molecule has 1 heterocycles. The second-order valence-corrected chi connectivity index (χ2v) is 5.68. The van der Waals surface area contributed by atoms with E-state index in [4.69, 9.17) is 0 Å². The third-order valence-corrected chi connectivity index (χ3v) is 3.84. The van der Waals surface area contributed by atoms with Crippen molar-refractivity contribution in [3.05, 3.63) is 28.5 Å². The Balaban J connectivity index is 2.52. The first-order chi connectivity index (χ1) is 9.17. The van der Waals surface area contributed by atoms with Crippen LogP contribution in [0.4, 0.5) is 0 Å². The smallest absolute Gasteiger partial charge is 0.328 e. The predicted octanol–water partition coefficient (Wildman–Crippen LogP) is 2.17. The van der Waals surface area contributed by atoms with Gasteiger partial charge in [0.25, 0.3) is 0 Å². The Hall–Kier alpha value is -1.27. The van der Waals surface area contributed by atoms with Gasteiger partial charge in [-0.15, -0.1) is 11.3 Å². The molecule has 0 aromatic carbocycles. The molecule has 0 aliphatic heterocycles. The standard InChI is InChI=1S/C13H17NO3S2/c1-17-13(16)11(7-9-18-2)14-12(15)6-5-10-4-3-8-19-10/h3-6,8,11H,7,9H2,1-2H3,(H,14,15)/b6-5+/t11-/m0/s1. The average Bonchev–Trinajstić information content (AvgIpc) is 2.93. The van der Waals surface area contributed by atoms with Crippen molar-refractivity contribution in [3.63, 3.8) is 0 Å². The van der Waals surface area contributed by atoms with E-state index in [1.54, 1.807) is 29.2 Å². The van der Waals surface area contributed by atoms with Crippen LogP contribution in [0, 0.1) is 0 Å². The van der Waals surface area contributed by atoms with E-state index >= 15 is 0 Å². The number of amides is 1. The van der Waals surface area contributed by atoms with E-state index in [9.17, 15) is 9.59 Å². The van der Waals surface area contributed by atoms with Gasteiger partial charge in [-0.25, -0.2) is 4.79 Å². The second kappa shape index (κ2) is 8.77. The highest BCUT2D eigenvalue weighted by Gasteiger charge is 2.19. The monoisotopic (exact) mass is 299 g/mol. The number of esters is 1. The number of hydrogen-bond donors (Lipinski definition) is 1. The van der Waals surface area contributed by atoms with E-state index in [0.717, 1.165) is 10.6 Å². The number of carbonyl (C=O) groups excluding carboxylic acids is 2. The highest BCUT2D eigenvalue weighted by atomic mass is 32.2. The summed E-state index contributed by atoms with van der Waals surface area (Å²) in [5, 5.41) is 4.59. The first kappa shape index (κ1) is 15.8. The minimum absolute atomic E-state index is 0.287. The highest BCUT2D eigenvalue weighted by molar-refractivity contribution is 7.98. The van der Waals surface area contributed by atoms with Crippen molar-refractivity contribution < 1.29 is 14.3 Å². The summed E-state index contributed by atoms with van der Waals surface area (Å²) >= 11 is 3.17. The van der Waals surface area contributed by atoms with Gasteiger partial charge in [0.05, 0.1) is 7.11 Å². The van der Waals surface area contributed by atoms with E-state index in [0.29, 0.717) is 6.42 Å². The van der Waals surface area contributed by atoms with Gasteiger partial charge in [-0.3, -0.25) is 4.79 Å². The first-order valence-electron chi connectivity index (χ1n) is 5.76. The lowest BCUT2D eigenvalue weighted by atomic mass is 10.2. The van der Waals surface area contributed by atoms with E-state index in [1.165, 1.54) is 13.2 Å². The number of methoxy groups -OCH3 is 1. The molecule has 1 amide bonds. The van der Waals surface area contributed by atoms with Gasteiger partial charge in [-0.1, -0.05) is 6.07 Å². The molecule has 6 heteroatoms. The molecule has 1 rings (SSSR count). The molecular formula is C13H17NO3S2. The average molecular weight is 299 g/mol. The molecule has 0 unspecified atom stereocenters. The maximum Gasteiger partial charge on any atom is 0.328 e. The summed E-state index contributed by atoms with van der Waals surface area (Å²) in [4.78, 5) is 24.2. The molecule has 0 radical (unpaired) electrons. The van der Waals surface area contributed by atoms with Crippen LogP contribution in [-0.2, 0) is 14.3 Å². The van der Waals surface area contributed by atoms with Gasteiger partial charge in [0, 0.05) is 11.0 Å². The second-order valence-electron chi connectivity index (χ2n) is 3.71. The Morgan fingerprint density at radius 2 is 2.37 bits per heavy atom. The van der Waals surface area contributed by atoms with Crippen LogP contribution in [0.15, 0.2) is 23.6 Å². The van der Waals surface area contributed by atoms with Gasteiger partial charge in [-0.2, -0.15) is 11.8 Å². The fraction of sp³-hybridized carbons (Fsp3) is 0.385. The number of hydrogen-bond acceptors (Lipinski definition) is 5. The topological polar surface area (TPSA) is 55.4 Å². The molecule has 0 spiro atoms. The lowest BCUT2D eigenvalue weighted by molar-refractivity contribution is -0.144. The van der Waals surface area contributed by atoms with Gasteiger partial charge in [0.1, 0.15) is 6.04 Å². The lowest BCUT2D eigenvalue weighted by Crippen LogP contribution is -2.41. The third-order valence-electron chi connectivity index (χ3n) is 2.35. The van der Waals surface area contributed by atoms with Gasteiger partial charge >= 0.3 is 5.97 Å². The van der Waals surface area contributed by atoms with Crippen LogP contribution >= 0.6 is 23.1 Å². The number of nitrogens with one attached hydrogen (secondary N) is 1. The summed E-state index contributed by atoms with van der Waals surface area (Å²) < 4.78 is 4.68. The quantitative estimate of drug-likeness (QED) is 0.619. The number of ether oxygens (including phenoxy) is 1. The van der Waals surface area contributed by atoms with Crippen molar-refractivity contribution in [1.29, 1.82) is 0 Å². The highest BCUT2D eigenvalue weighted by Crippen LogP contribution is 2.10. The Bertz CT molecular complexity index is 429. The number of thiophene rings is 1. The van der Waals surface area contributed by atoms with Crippen LogP contribution in [0.25, 0.3) is 6.08 Å². The summed E-state index contributed by atoms with van der Waals surface area (Å²) in [6, 6.07) is 3.25. The molecule has 4 nitrogen and oxygen atoms in total. The molecule has 0 saturated heterocycles. The zero-order valence-corrected chi connectivity index (χ0v) is 12.6. The number of rotatable bonds is 7. The largest absolute Gasteiger partial charge is 0.467 e. The fourth-order valence-corrected chi connectivity index (χ4v) is 2.48. The molecule has 1 aromatic heterocycles. The zero-order chi connectivity index (χ0) is 14.1. The first-order valence-corrected chi connectivity index (χ1v) is 8.03. The molecule has 0 aliphatic rings. The molecule has 1 atom stereocenters. The summed E-state index contributed by atoms with van der Waals surface area (Å²) in [5.74, 6) is 0.0890. The van der Waals surface area contributed by atoms with Crippen LogP contribution in [0.3, 0.4) is 0 Å². The van der Waals surface area contributed by atoms with Crippen LogP contribution in [0.5, 0.6) is 0 Å². The molecule has 0 aliphatic carbocycles. The summed E-state index contributed by atoms with van der Waals surface area (Å²) in [6.45, 7) is 0. The van der Waals surface area contributed by atoms with Crippen LogP contribution in [0.1, 0.15) is 11.3 Å². The molecule has 0 bridgehead atoms. The van der Waals surface area contributed by atoms with Crippen molar-refractivity contribution in [1.82, 2.24) is 5.32 Å². The molecule has 1 aromatic rings. The van der Waals surface area contributed by atoms with Gasteiger partial charge in [0.15, 0.2) is 0 Å². The van der Waals surface area contributed by atoms with Crippen LogP contribution in [-0.4, -0.2) is 37.0 Å². The molecule has 0 saturated carbocycles. The summed E-state index contributed by atoms with van der Waals surface area (Å²) in [6.07, 6.45) is 5.67. The summed E-state index contributed by atoms with van der Waals surface area (Å²) in [5.41, 5.74) is 0. The van der Waals surface area contributed by atoms with Crippen molar-refractivity contribution in [3.8, 4) is 0 Å². The minimum atomic E-state index is -0.585. The van der Waals surface area contributed by atoms with Crippen molar-refractivity contribution in [2.45, 2.75) is 12.5 Å². The van der Waals surface area contributed by atoms with Crippen LogP contribution < -0.4 is 5.32 Å². The van der Waals surface area contributed by atoms with Crippen molar-refractivity contribution in [2.75, 3.05) is 19.1 Å². The van der Waals surface area contributed by atoms with Gasteiger partial charge in [0.2, 0.25) is 5.91 Å².